The zero-order valence-electron chi connectivity index (χ0n) is 11.5. The lowest BCUT2D eigenvalue weighted by atomic mass is 9.94. The van der Waals surface area contributed by atoms with E-state index in [-0.39, 0.29) is 18.8 Å². The molecule has 3 nitrogen and oxygen atoms in total. The molecule has 2 fully saturated rings. The van der Waals surface area contributed by atoms with Crippen molar-refractivity contribution in [2.45, 2.75) is 57.0 Å². The number of hydrogen-bond donors (Lipinski definition) is 1. The monoisotopic (exact) mass is 262 g/mol. The minimum atomic E-state index is -0.446. The van der Waals surface area contributed by atoms with Crippen molar-refractivity contribution in [2.24, 2.45) is 0 Å². The van der Waals surface area contributed by atoms with Crippen LogP contribution >= 0.6 is 0 Å². The second-order valence-electron chi connectivity index (χ2n) is 5.71. The zero-order chi connectivity index (χ0) is 13.3. The van der Waals surface area contributed by atoms with E-state index in [0.29, 0.717) is 0 Å². The normalized spacial score (nSPS) is 29.8. The summed E-state index contributed by atoms with van der Waals surface area (Å²) in [6.45, 7) is 2.10. The molecule has 2 atom stereocenters. The topological polar surface area (TPSA) is 38.7 Å². The number of benzene rings is 1. The van der Waals surface area contributed by atoms with Gasteiger partial charge < -0.3 is 14.6 Å². The Morgan fingerprint density at radius 2 is 1.89 bits per heavy atom. The highest BCUT2D eigenvalue weighted by molar-refractivity contribution is 5.29. The first-order valence-electron chi connectivity index (χ1n) is 7.26. The van der Waals surface area contributed by atoms with Crippen LogP contribution in [0.15, 0.2) is 24.3 Å². The molecule has 1 aliphatic heterocycles. The number of aliphatic hydroxyl groups is 1. The highest BCUT2D eigenvalue weighted by Crippen LogP contribution is 2.46. The molecule has 3 heteroatoms. The molecule has 1 spiro atoms. The van der Waals surface area contributed by atoms with Crippen LogP contribution in [0.4, 0.5) is 0 Å². The van der Waals surface area contributed by atoms with Crippen LogP contribution in [0.25, 0.3) is 0 Å². The van der Waals surface area contributed by atoms with Gasteiger partial charge in [0.05, 0.1) is 6.61 Å². The number of rotatable bonds is 2. The van der Waals surface area contributed by atoms with Gasteiger partial charge in [-0.25, -0.2) is 0 Å². The third kappa shape index (κ3) is 2.42. The Labute approximate surface area is 114 Å². The highest BCUT2D eigenvalue weighted by atomic mass is 16.8. The molecule has 0 amide bonds. The van der Waals surface area contributed by atoms with E-state index >= 15 is 0 Å². The van der Waals surface area contributed by atoms with Crippen molar-refractivity contribution in [1.82, 2.24) is 0 Å². The van der Waals surface area contributed by atoms with Gasteiger partial charge in [-0.05, 0) is 30.9 Å². The molecule has 1 aromatic carbocycles. The van der Waals surface area contributed by atoms with Crippen LogP contribution < -0.4 is 0 Å². The Balaban J connectivity index is 1.87. The SMILES string of the molecule is Cc1ccccc1[C@H]1OC2(CCCCC2)O[C@@H]1CO. The molecule has 3 rings (SSSR count). The molecule has 0 radical (unpaired) electrons. The Morgan fingerprint density at radius 1 is 1.16 bits per heavy atom. The van der Waals surface area contributed by atoms with Crippen LogP contribution in [-0.4, -0.2) is 23.6 Å². The first kappa shape index (κ1) is 13.1. The first-order valence-corrected chi connectivity index (χ1v) is 7.26. The summed E-state index contributed by atoms with van der Waals surface area (Å²) in [5.41, 5.74) is 2.34. The summed E-state index contributed by atoms with van der Waals surface area (Å²) in [5.74, 6) is -0.446. The molecule has 0 aromatic heterocycles. The summed E-state index contributed by atoms with van der Waals surface area (Å²) in [5, 5.41) is 9.60. The molecule has 1 heterocycles. The average Bonchev–Trinajstić information content (AvgIpc) is 2.78. The fraction of sp³-hybridized carbons (Fsp3) is 0.625. The van der Waals surface area contributed by atoms with Crippen molar-refractivity contribution in [3.8, 4) is 0 Å². The Hall–Kier alpha value is -0.900. The van der Waals surface area contributed by atoms with Gasteiger partial charge in [0, 0.05) is 12.8 Å². The van der Waals surface area contributed by atoms with Gasteiger partial charge in [0.1, 0.15) is 12.2 Å². The Bertz CT molecular complexity index is 437. The summed E-state index contributed by atoms with van der Waals surface area (Å²) in [6.07, 6.45) is 5.09. The first-order chi connectivity index (χ1) is 9.24. The number of hydrogen-bond acceptors (Lipinski definition) is 3. The van der Waals surface area contributed by atoms with Gasteiger partial charge in [0.15, 0.2) is 5.79 Å². The highest BCUT2D eigenvalue weighted by Gasteiger charge is 2.48. The van der Waals surface area contributed by atoms with Crippen LogP contribution in [0.3, 0.4) is 0 Å². The summed E-state index contributed by atoms with van der Waals surface area (Å²) in [7, 11) is 0. The van der Waals surface area contributed by atoms with Crippen LogP contribution in [0, 0.1) is 6.92 Å². The van der Waals surface area contributed by atoms with Crippen molar-refractivity contribution in [2.75, 3.05) is 6.61 Å². The molecule has 0 unspecified atom stereocenters. The van der Waals surface area contributed by atoms with E-state index in [1.807, 2.05) is 12.1 Å². The Morgan fingerprint density at radius 3 is 2.58 bits per heavy atom. The summed E-state index contributed by atoms with van der Waals surface area (Å²) >= 11 is 0. The van der Waals surface area contributed by atoms with Crippen molar-refractivity contribution >= 4 is 0 Å². The fourth-order valence-corrected chi connectivity index (χ4v) is 3.30. The van der Waals surface area contributed by atoms with E-state index in [0.717, 1.165) is 31.2 Å². The molecule has 1 saturated heterocycles. The fourth-order valence-electron chi connectivity index (χ4n) is 3.30. The largest absolute Gasteiger partial charge is 0.394 e. The maximum Gasteiger partial charge on any atom is 0.169 e. The van der Waals surface area contributed by atoms with Crippen LogP contribution in [0.5, 0.6) is 0 Å². The van der Waals surface area contributed by atoms with Gasteiger partial charge in [-0.3, -0.25) is 0 Å². The minimum Gasteiger partial charge on any atom is -0.394 e. The third-order valence-corrected chi connectivity index (χ3v) is 4.34. The third-order valence-electron chi connectivity index (χ3n) is 4.34. The van der Waals surface area contributed by atoms with Gasteiger partial charge in [-0.1, -0.05) is 30.7 Å². The molecule has 1 N–H and O–H groups in total. The summed E-state index contributed by atoms with van der Waals surface area (Å²) in [4.78, 5) is 0. The maximum atomic E-state index is 9.60. The predicted octanol–water partition coefficient (Wildman–Crippen LogP) is 3.10. The molecule has 0 bridgehead atoms. The van der Waals surface area contributed by atoms with Gasteiger partial charge in [0.2, 0.25) is 0 Å². The lowest BCUT2D eigenvalue weighted by Crippen LogP contribution is -2.33. The van der Waals surface area contributed by atoms with E-state index in [1.165, 1.54) is 12.0 Å². The quantitative estimate of drug-likeness (QED) is 0.890. The van der Waals surface area contributed by atoms with E-state index in [1.54, 1.807) is 0 Å². The zero-order valence-corrected chi connectivity index (χ0v) is 11.5. The van der Waals surface area contributed by atoms with Gasteiger partial charge in [-0.2, -0.15) is 0 Å². The van der Waals surface area contributed by atoms with Crippen molar-refractivity contribution < 1.29 is 14.6 Å². The standard InChI is InChI=1S/C16H22O3/c1-12-7-3-4-8-13(12)15-14(11-17)18-16(19-15)9-5-2-6-10-16/h3-4,7-8,14-15,17H,2,5-6,9-11H2,1H3/t14-,15-/m1/s1. The second-order valence-corrected chi connectivity index (χ2v) is 5.71. The van der Waals surface area contributed by atoms with Gasteiger partial charge >= 0.3 is 0 Å². The van der Waals surface area contributed by atoms with E-state index in [4.69, 9.17) is 9.47 Å². The van der Waals surface area contributed by atoms with E-state index < -0.39 is 5.79 Å². The minimum absolute atomic E-state index is 0.0146. The Kier molecular flexibility index (Phi) is 3.61. The van der Waals surface area contributed by atoms with Crippen LogP contribution in [0.1, 0.15) is 49.3 Å². The smallest absolute Gasteiger partial charge is 0.169 e. The number of aliphatic hydroxyl groups excluding tert-OH is 1. The molecule has 1 saturated carbocycles. The molecule has 2 aliphatic rings. The van der Waals surface area contributed by atoms with Crippen molar-refractivity contribution in [3.05, 3.63) is 35.4 Å². The van der Waals surface area contributed by atoms with Crippen molar-refractivity contribution in [3.63, 3.8) is 0 Å². The van der Waals surface area contributed by atoms with Gasteiger partial charge in [0.25, 0.3) is 0 Å². The maximum absolute atomic E-state index is 9.60. The van der Waals surface area contributed by atoms with E-state index in [2.05, 4.69) is 19.1 Å². The summed E-state index contributed by atoms with van der Waals surface area (Å²) < 4.78 is 12.4. The number of aryl methyl sites for hydroxylation is 1. The van der Waals surface area contributed by atoms with Crippen LogP contribution in [0.2, 0.25) is 0 Å². The molecule has 104 valence electrons. The average molecular weight is 262 g/mol. The summed E-state index contributed by atoms with van der Waals surface area (Å²) in [6, 6.07) is 8.21. The lowest BCUT2D eigenvalue weighted by molar-refractivity contribution is -0.196. The van der Waals surface area contributed by atoms with Crippen LogP contribution in [-0.2, 0) is 9.47 Å². The molecule has 1 aliphatic carbocycles. The molecular formula is C16H22O3. The molecule has 19 heavy (non-hydrogen) atoms. The van der Waals surface area contributed by atoms with Crippen molar-refractivity contribution in [1.29, 1.82) is 0 Å². The predicted molar refractivity (Wildman–Crippen MR) is 72.8 cm³/mol. The molecule has 1 aromatic rings. The number of ether oxygens (including phenoxy) is 2. The lowest BCUT2D eigenvalue weighted by Gasteiger charge is -2.32. The second kappa shape index (κ2) is 5.23. The molecular weight excluding hydrogens is 240 g/mol. The van der Waals surface area contributed by atoms with E-state index in [9.17, 15) is 5.11 Å². The van der Waals surface area contributed by atoms with Gasteiger partial charge in [-0.15, -0.1) is 0 Å².